The molecule has 0 aromatic heterocycles. The molecule has 0 radical (unpaired) electrons. The summed E-state index contributed by atoms with van der Waals surface area (Å²) in [6.07, 6.45) is -0.608. The molecular formula is C52H67BrN10O10S2. The van der Waals surface area contributed by atoms with Crippen molar-refractivity contribution in [2.45, 2.75) is 114 Å². The average Bonchev–Trinajstić information content (AvgIpc) is 3.37. The molecule has 0 spiro atoms. The van der Waals surface area contributed by atoms with Gasteiger partial charge in [-0.3, -0.25) is 38.4 Å². The number of halogens is 1. The van der Waals surface area contributed by atoms with Crippen molar-refractivity contribution < 1.29 is 48.6 Å². The predicted molar refractivity (Wildman–Crippen MR) is 292 cm³/mol. The molecule has 1 saturated heterocycles. The van der Waals surface area contributed by atoms with E-state index in [1.54, 1.807) is 50.2 Å². The van der Waals surface area contributed by atoms with Crippen LogP contribution in [0.5, 0.6) is 5.75 Å². The molecule has 5 rings (SSSR count). The molecule has 20 nitrogen and oxygen atoms in total. The normalized spacial score (nSPS) is 21.8. The third kappa shape index (κ3) is 18.5. The Morgan fingerprint density at radius 1 is 0.707 bits per heavy atom. The van der Waals surface area contributed by atoms with Gasteiger partial charge in [-0.15, -0.1) is 0 Å². The second-order valence-corrected chi connectivity index (χ2v) is 22.2. The van der Waals surface area contributed by atoms with E-state index in [1.807, 2.05) is 42.5 Å². The van der Waals surface area contributed by atoms with Crippen LogP contribution in [0.3, 0.4) is 0 Å². The van der Waals surface area contributed by atoms with Crippen molar-refractivity contribution in [2.24, 2.45) is 23.1 Å². The quantitative estimate of drug-likeness (QED) is 0.0521. The maximum Gasteiger partial charge on any atom is 0.244 e. The van der Waals surface area contributed by atoms with Gasteiger partial charge in [0.25, 0.3) is 0 Å². The Bertz CT molecular complexity index is 2630. The number of rotatable bonds is 17. The van der Waals surface area contributed by atoms with Gasteiger partial charge in [0.05, 0.1) is 12.1 Å². The van der Waals surface area contributed by atoms with E-state index < -0.39 is 108 Å². The Hall–Kier alpha value is -6.24. The molecule has 1 aliphatic heterocycles. The fraction of sp³-hybridized carbons (Fsp3) is 0.423. The number of fused-ring (bicyclic) bond motifs is 1. The van der Waals surface area contributed by atoms with Crippen LogP contribution in [0.25, 0.3) is 10.8 Å². The number of carbonyl (C=O) groups excluding carboxylic acids is 8. The number of carbonyl (C=O) groups is 8. The maximum absolute atomic E-state index is 14.7. The van der Waals surface area contributed by atoms with Gasteiger partial charge in [-0.25, -0.2) is 0 Å². The summed E-state index contributed by atoms with van der Waals surface area (Å²) < 4.78 is 0.752. The molecule has 15 N–H and O–H groups in total. The van der Waals surface area contributed by atoms with E-state index in [2.05, 4.69) is 53.1 Å². The van der Waals surface area contributed by atoms with Crippen LogP contribution in [0.15, 0.2) is 95.5 Å². The van der Waals surface area contributed by atoms with E-state index in [0.717, 1.165) is 42.4 Å². The summed E-state index contributed by atoms with van der Waals surface area (Å²) in [5.74, 6) is -7.64. The number of primary amides is 1. The molecule has 4 aromatic rings. The topological polar surface area (TPSA) is 339 Å². The highest BCUT2D eigenvalue weighted by atomic mass is 79.9. The number of phenolic OH excluding ortho intramolecular Hbond substituents is 1. The van der Waals surface area contributed by atoms with Crippen molar-refractivity contribution in [3.8, 4) is 5.75 Å². The molecule has 1 aliphatic rings. The lowest BCUT2D eigenvalue weighted by Crippen LogP contribution is -2.62. The van der Waals surface area contributed by atoms with Crippen molar-refractivity contribution in [3.63, 3.8) is 0 Å². The number of nitrogens with two attached hydrogens (primary N) is 3. The fourth-order valence-electron chi connectivity index (χ4n) is 8.04. The molecule has 4 aromatic carbocycles. The lowest BCUT2D eigenvalue weighted by Gasteiger charge is -2.29. The van der Waals surface area contributed by atoms with Crippen LogP contribution < -0.4 is 54.4 Å². The lowest BCUT2D eigenvalue weighted by atomic mass is 10.00. The van der Waals surface area contributed by atoms with Crippen LogP contribution in [0, 0.1) is 5.92 Å². The van der Waals surface area contributed by atoms with Crippen LogP contribution >= 0.6 is 37.5 Å². The zero-order chi connectivity index (χ0) is 54.8. The second kappa shape index (κ2) is 29.2. The van der Waals surface area contributed by atoms with Gasteiger partial charge in [0, 0.05) is 28.8 Å². The summed E-state index contributed by atoms with van der Waals surface area (Å²) >= 11 is 3.42. The lowest BCUT2D eigenvalue weighted by molar-refractivity contribution is -0.136. The van der Waals surface area contributed by atoms with Gasteiger partial charge in [0.15, 0.2) is 0 Å². The van der Waals surface area contributed by atoms with Crippen molar-refractivity contribution >= 4 is 95.5 Å². The monoisotopic (exact) mass is 1130 g/mol. The maximum atomic E-state index is 14.7. The summed E-state index contributed by atoms with van der Waals surface area (Å²) in [6.45, 7) is 4.85. The standard InChI is InChI=1S/C52H67BrN10O10S2/c1-28(2)43-52(73)61-42(51(72)63-44(29(3)64)45(56)66)27-75-74-26-41(60-46(67)37(55)23-32-11-16-33-8-4-5-9-34(33)22-32)50(71)59-40(25-31-14-19-36(65)20-15-31)49(70)58-39(24-30-12-17-35(53)18-13-30)48(69)57-38(47(68)62-43)10-6-7-21-54/h4-5,8-9,11-20,22,28-29,37-44,64-65H,6-7,10,21,23-27,54-55H2,1-3H3,(H2,56,66)(H,57,69)(H,58,70)(H,59,71)(H,60,67)(H,61,73)(H,62,68)(H,63,72)/t29?,37-,38+,39-,40+,41+,42+,43+,44+/m1/s1. The van der Waals surface area contributed by atoms with Crippen molar-refractivity contribution in [1.29, 1.82) is 0 Å². The van der Waals surface area contributed by atoms with E-state index in [-0.39, 0.29) is 49.5 Å². The SMILES string of the molecule is CC(C)[C@@H]1NC(=O)[C@H](CCCCN)NC(=O)[C@@H](Cc2ccc(Br)cc2)NC(=O)[C@H](Cc2ccc(O)cc2)NC(=O)[C@@H](NC(=O)[C@H](N)Cc2ccc3ccccc3c2)CSSC[C@@H](C(=O)N[C@H](C(N)=O)C(C)O)NC1=O. The Morgan fingerprint density at radius 3 is 1.87 bits per heavy atom. The number of hydrogen-bond donors (Lipinski definition) is 12. The Balaban J connectivity index is 1.56. The van der Waals surface area contributed by atoms with Crippen LogP contribution in [-0.2, 0) is 57.6 Å². The summed E-state index contributed by atoms with van der Waals surface area (Å²) in [4.78, 5) is 113. The van der Waals surface area contributed by atoms with Gasteiger partial charge in [0.1, 0.15) is 48.0 Å². The van der Waals surface area contributed by atoms with E-state index in [9.17, 15) is 48.6 Å². The largest absolute Gasteiger partial charge is 0.508 e. The Morgan fingerprint density at radius 2 is 1.27 bits per heavy atom. The van der Waals surface area contributed by atoms with E-state index in [1.165, 1.54) is 19.1 Å². The minimum atomic E-state index is -1.55. The molecule has 0 bridgehead atoms. The fourth-order valence-corrected chi connectivity index (χ4v) is 10.6. The minimum Gasteiger partial charge on any atom is -0.508 e. The van der Waals surface area contributed by atoms with Crippen molar-refractivity contribution in [2.75, 3.05) is 18.1 Å². The smallest absolute Gasteiger partial charge is 0.244 e. The van der Waals surface area contributed by atoms with Crippen LogP contribution in [0.2, 0.25) is 0 Å². The van der Waals surface area contributed by atoms with Gasteiger partial charge in [-0.2, -0.15) is 0 Å². The predicted octanol–water partition coefficient (Wildman–Crippen LogP) is 1.10. The molecule has 8 amide bonds. The van der Waals surface area contributed by atoms with E-state index in [4.69, 9.17) is 17.2 Å². The van der Waals surface area contributed by atoms with Crippen molar-refractivity contribution in [1.82, 2.24) is 37.2 Å². The molecule has 0 saturated carbocycles. The number of nitrogens with one attached hydrogen (secondary N) is 7. The van der Waals surface area contributed by atoms with E-state index >= 15 is 0 Å². The van der Waals surface area contributed by atoms with Gasteiger partial charge in [0.2, 0.25) is 47.3 Å². The first-order valence-electron chi connectivity index (χ1n) is 24.5. The summed E-state index contributed by atoms with van der Waals surface area (Å²) in [5.41, 5.74) is 19.7. The molecule has 75 heavy (non-hydrogen) atoms. The molecule has 0 aliphatic carbocycles. The first-order chi connectivity index (χ1) is 35.7. The van der Waals surface area contributed by atoms with Crippen LogP contribution in [0.1, 0.15) is 56.7 Å². The molecule has 1 heterocycles. The number of aliphatic hydroxyl groups excluding tert-OH is 1. The third-order valence-electron chi connectivity index (χ3n) is 12.3. The molecule has 1 fully saturated rings. The molecule has 23 heteroatoms. The molecule has 9 atom stereocenters. The van der Waals surface area contributed by atoms with Gasteiger partial charge >= 0.3 is 0 Å². The van der Waals surface area contributed by atoms with Crippen LogP contribution in [0.4, 0.5) is 0 Å². The Labute approximate surface area is 451 Å². The summed E-state index contributed by atoms with van der Waals surface area (Å²) in [7, 11) is 2.03. The zero-order valence-electron chi connectivity index (χ0n) is 41.9. The highest BCUT2D eigenvalue weighted by molar-refractivity contribution is 9.10. The summed E-state index contributed by atoms with van der Waals surface area (Å²) in [6, 6.07) is 15.5. The highest BCUT2D eigenvalue weighted by Gasteiger charge is 2.36. The number of phenols is 1. The highest BCUT2D eigenvalue weighted by Crippen LogP contribution is 2.25. The number of benzene rings is 4. The molecule has 404 valence electrons. The number of aliphatic hydroxyl groups is 1. The molecular weight excluding hydrogens is 1070 g/mol. The van der Waals surface area contributed by atoms with Crippen LogP contribution in [-0.4, -0.2) is 130 Å². The number of aromatic hydroxyl groups is 1. The second-order valence-electron chi connectivity index (χ2n) is 18.7. The Kier molecular flexibility index (Phi) is 23.2. The van der Waals surface area contributed by atoms with Gasteiger partial charge in [-0.05, 0) is 96.8 Å². The van der Waals surface area contributed by atoms with Crippen molar-refractivity contribution in [3.05, 3.63) is 112 Å². The van der Waals surface area contributed by atoms with Gasteiger partial charge < -0.3 is 64.6 Å². The first kappa shape index (κ1) is 59.6. The third-order valence-corrected chi connectivity index (χ3v) is 15.3. The minimum absolute atomic E-state index is 0.0493. The zero-order valence-corrected chi connectivity index (χ0v) is 45.1. The van der Waals surface area contributed by atoms with Gasteiger partial charge in [-0.1, -0.05) is 118 Å². The van der Waals surface area contributed by atoms with E-state index in [0.29, 0.717) is 24.0 Å². The number of hydrogen-bond acceptors (Lipinski definition) is 14. The first-order valence-corrected chi connectivity index (χ1v) is 27.8. The molecule has 1 unspecified atom stereocenters. The summed E-state index contributed by atoms with van der Waals surface area (Å²) in [5, 5.41) is 41.2. The number of amides is 8. The number of unbranched alkanes of at least 4 members (excludes halogenated alkanes) is 1. The average molecular weight is 1140 g/mol.